The minimum Gasteiger partial charge on any atom is -0.492 e. The molecule has 0 heterocycles. The second kappa shape index (κ2) is 10.2. The van der Waals surface area contributed by atoms with Crippen molar-refractivity contribution in [2.45, 2.75) is 20.8 Å². The highest BCUT2D eigenvalue weighted by molar-refractivity contribution is 9.10. The molecule has 0 atom stereocenters. The summed E-state index contributed by atoms with van der Waals surface area (Å²) in [4.78, 5) is 24.4. The monoisotopic (exact) mass is 463 g/mol. The lowest BCUT2D eigenvalue weighted by atomic mass is 10.1. The van der Waals surface area contributed by atoms with Gasteiger partial charge in [-0.05, 0) is 71.3 Å². The Bertz CT molecular complexity index is 887. The van der Waals surface area contributed by atoms with E-state index in [4.69, 9.17) is 17.0 Å². The van der Waals surface area contributed by atoms with Gasteiger partial charge in [-0.15, -0.1) is 0 Å². The third kappa shape index (κ3) is 6.61. The average molecular weight is 464 g/mol. The van der Waals surface area contributed by atoms with Gasteiger partial charge in [-0.25, -0.2) is 0 Å². The third-order valence-corrected chi connectivity index (χ3v) is 4.39. The molecule has 0 aliphatic rings. The molecule has 2 rings (SSSR count). The maximum absolute atomic E-state index is 12.3. The van der Waals surface area contributed by atoms with Gasteiger partial charge in [0.15, 0.2) is 5.11 Å². The van der Waals surface area contributed by atoms with Crippen molar-refractivity contribution in [2.75, 3.05) is 6.61 Å². The molecule has 0 saturated heterocycles. The topological polar surface area (TPSA) is 79.5 Å². The molecule has 0 aliphatic heterocycles. The molecule has 2 aromatic carbocycles. The number of benzene rings is 2. The SMILES string of the molecule is Cc1cccc(C(=O)NNC(=S)NC(=O)c2ccc(OCC(C)C)c(Br)c2)c1. The van der Waals surface area contributed by atoms with Crippen LogP contribution in [0.2, 0.25) is 0 Å². The fourth-order valence-corrected chi connectivity index (χ4v) is 2.83. The molecule has 148 valence electrons. The van der Waals surface area contributed by atoms with Crippen molar-refractivity contribution < 1.29 is 14.3 Å². The van der Waals surface area contributed by atoms with E-state index in [-0.39, 0.29) is 11.0 Å². The van der Waals surface area contributed by atoms with E-state index in [0.29, 0.717) is 33.9 Å². The van der Waals surface area contributed by atoms with E-state index in [1.807, 2.05) is 13.0 Å². The van der Waals surface area contributed by atoms with Crippen molar-refractivity contribution in [2.24, 2.45) is 5.92 Å². The first-order chi connectivity index (χ1) is 13.3. The van der Waals surface area contributed by atoms with Crippen LogP contribution in [0.3, 0.4) is 0 Å². The molecule has 6 nitrogen and oxygen atoms in total. The number of carbonyl (C=O) groups is 2. The number of carbonyl (C=O) groups excluding carboxylic acids is 2. The van der Waals surface area contributed by atoms with Gasteiger partial charge in [0.25, 0.3) is 11.8 Å². The highest BCUT2D eigenvalue weighted by atomic mass is 79.9. The van der Waals surface area contributed by atoms with E-state index >= 15 is 0 Å². The summed E-state index contributed by atoms with van der Waals surface area (Å²) in [5.74, 6) is 0.304. The Hall–Kier alpha value is -2.45. The van der Waals surface area contributed by atoms with Gasteiger partial charge < -0.3 is 4.74 Å². The zero-order valence-electron chi connectivity index (χ0n) is 15.8. The van der Waals surface area contributed by atoms with Crippen LogP contribution in [0, 0.1) is 12.8 Å². The van der Waals surface area contributed by atoms with E-state index in [9.17, 15) is 9.59 Å². The van der Waals surface area contributed by atoms with Crippen molar-refractivity contribution in [3.63, 3.8) is 0 Å². The Balaban J connectivity index is 1.89. The van der Waals surface area contributed by atoms with Gasteiger partial charge in [0.2, 0.25) is 0 Å². The van der Waals surface area contributed by atoms with E-state index in [0.717, 1.165) is 5.56 Å². The fourth-order valence-electron chi connectivity index (χ4n) is 2.19. The second-order valence-corrected chi connectivity index (χ2v) is 7.84. The zero-order chi connectivity index (χ0) is 20.7. The van der Waals surface area contributed by atoms with Crippen LogP contribution in [0.15, 0.2) is 46.9 Å². The largest absolute Gasteiger partial charge is 0.492 e. The van der Waals surface area contributed by atoms with Crippen LogP contribution >= 0.6 is 28.1 Å². The highest BCUT2D eigenvalue weighted by Crippen LogP contribution is 2.26. The summed E-state index contributed by atoms with van der Waals surface area (Å²) in [5.41, 5.74) is 6.84. The molecule has 28 heavy (non-hydrogen) atoms. The van der Waals surface area contributed by atoms with Crippen LogP contribution in [-0.4, -0.2) is 23.5 Å². The van der Waals surface area contributed by atoms with E-state index in [1.54, 1.807) is 36.4 Å². The minimum atomic E-state index is -0.404. The molecule has 0 aromatic heterocycles. The number of amides is 2. The van der Waals surface area contributed by atoms with Gasteiger partial charge in [0.1, 0.15) is 5.75 Å². The number of rotatable bonds is 5. The fraction of sp³-hybridized carbons (Fsp3) is 0.250. The van der Waals surface area contributed by atoms with Crippen molar-refractivity contribution in [3.05, 3.63) is 63.6 Å². The lowest BCUT2D eigenvalue weighted by Gasteiger charge is -2.13. The first kappa shape index (κ1) is 21.8. The average Bonchev–Trinajstić information content (AvgIpc) is 2.64. The van der Waals surface area contributed by atoms with Gasteiger partial charge in [0.05, 0.1) is 11.1 Å². The van der Waals surface area contributed by atoms with Crippen molar-refractivity contribution in [1.29, 1.82) is 0 Å². The van der Waals surface area contributed by atoms with Crippen LogP contribution in [0.5, 0.6) is 5.75 Å². The Morgan fingerprint density at radius 2 is 1.79 bits per heavy atom. The van der Waals surface area contributed by atoms with Gasteiger partial charge in [-0.3, -0.25) is 25.8 Å². The number of aryl methyl sites for hydroxylation is 1. The summed E-state index contributed by atoms with van der Waals surface area (Å²) in [7, 11) is 0. The summed E-state index contributed by atoms with van der Waals surface area (Å²) in [6, 6.07) is 12.1. The van der Waals surface area contributed by atoms with Gasteiger partial charge >= 0.3 is 0 Å². The molecule has 0 bridgehead atoms. The summed E-state index contributed by atoms with van der Waals surface area (Å²) < 4.78 is 6.34. The number of ether oxygens (including phenoxy) is 1. The van der Waals surface area contributed by atoms with Crippen LogP contribution in [0.25, 0.3) is 0 Å². The highest BCUT2D eigenvalue weighted by Gasteiger charge is 2.12. The summed E-state index contributed by atoms with van der Waals surface area (Å²) in [5, 5.41) is 2.50. The van der Waals surface area contributed by atoms with Crippen LogP contribution in [-0.2, 0) is 0 Å². The molecule has 0 aliphatic carbocycles. The molecule has 2 aromatic rings. The third-order valence-electron chi connectivity index (χ3n) is 3.56. The summed E-state index contributed by atoms with van der Waals surface area (Å²) in [6.07, 6.45) is 0. The Morgan fingerprint density at radius 1 is 1.07 bits per heavy atom. The smallest absolute Gasteiger partial charge is 0.269 e. The first-order valence-electron chi connectivity index (χ1n) is 8.67. The Kier molecular flexibility index (Phi) is 7.95. The van der Waals surface area contributed by atoms with Crippen LogP contribution in [0.4, 0.5) is 0 Å². The van der Waals surface area contributed by atoms with Crippen LogP contribution in [0.1, 0.15) is 40.1 Å². The Labute approximate surface area is 178 Å². The number of nitrogens with one attached hydrogen (secondary N) is 3. The second-order valence-electron chi connectivity index (χ2n) is 6.58. The molecule has 0 unspecified atom stereocenters. The van der Waals surface area contributed by atoms with Gasteiger partial charge in [-0.2, -0.15) is 0 Å². The van der Waals surface area contributed by atoms with Crippen molar-refractivity contribution >= 4 is 45.1 Å². The van der Waals surface area contributed by atoms with Crippen molar-refractivity contribution in [3.8, 4) is 5.75 Å². The van der Waals surface area contributed by atoms with Gasteiger partial charge in [-0.1, -0.05) is 31.5 Å². The lowest BCUT2D eigenvalue weighted by molar-refractivity contribution is 0.0934. The number of hydrazine groups is 1. The maximum Gasteiger partial charge on any atom is 0.269 e. The summed E-state index contributed by atoms with van der Waals surface area (Å²) >= 11 is 8.46. The predicted octanol–water partition coefficient (Wildman–Crippen LogP) is 3.74. The number of hydrogen-bond acceptors (Lipinski definition) is 4. The van der Waals surface area contributed by atoms with Crippen LogP contribution < -0.4 is 20.9 Å². The molecule has 8 heteroatoms. The summed E-state index contributed by atoms with van der Waals surface area (Å²) in [6.45, 7) is 6.59. The molecule has 0 spiro atoms. The lowest BCUT2D eigenvalue weighted by Crippen LogP contribution is -2.48. The molecule has 0 fully saturated rings. The molecular formula is C20H22BrN3O3S. The molecule has 2 amide bonds. The minimum absolute atomic E-state index is 0.0118. The number of thiocarbonyl (C=S) groups is 1. The zero-order valence-corrected chi connectivity index (χ0v) is 18.2. The molecule has 3 N–H and O–H groups in total. The molecular weight excluding hydrogens is 442 g/mol. The number of halogens is 1. The number of hydrogen-bond donors (Lipinski definition) is 3. The molecule has 0 radical (unpaired) electrons. The van der Waals surface area contributed by atoms with E-state index < -0.39 is 5.91 Å². The predicted molar refractivity (Wildman–Crippen MR) is 116 cm³/mol. The van der Waals surface area contributed by atoms with Crippen molar-refractivity contribution in [1.82, 2.24) is 16.2 Å². The maximum atomic E-state index is 12.3. The van der Waals surface area contributed by atoms with E-state index in [1.165, 1.54) is 0 Å². The standard InChI is InChI=1S/C20H22BrN3O3S/c1-12(2)11-27-17-8-7-15(10-16(17)21)18(25)22-20(28)24-23-19(26)14-6-4-5-13(3)9-14/h4-10,12H,11H2,1-3H3,(H,23,26)(H2,22,24,25,28). The molecule has 0 saturated carbocycles. The quantitative estimate of drug-likeness (QED) is 0.464. The first-order valence-corrected chi connectivity index (χ1v) is 9.87. The normalized spacial score (nSPS) is 10.3. The Morgan fingerprint density at radius 3 is 2.43 bits per heavy atom. The van der Waals surface area contributed by atoms with Gasteiger partial charge in [0, 0.05) is 11.1 Å². The van der Waals surface area contributed by atoms with E-state index in [2.05, 4.69) is 45.9 Å².